The Morgan fingerprint density at radius 2 is 2.09 bits per heavy atom. The standard InChI is InChI=1S/C8H16NO2/c10-5-6-11-7-8-1-3-9-4-2-8/h8,10H,1-7H2. The average Bonchev–Trinajstić information content (AvgIpc) is 2.07. The Morgan fingerprint density at radius 1 is 1.36 bits per heavy atom. The highest BCUT2D eigenvalue weighted by Crippen LogP contribution is 2.11. The minimum absolute atomic E-state index is 0.136. The van der Waals surface area contributed by atoms with E-state index in [9.17, 15) is 0 Å². The molecule has 1 radical (unpaired) electrons. The van der Waals surface area contributed by atoms with Crippen molar-refractivity contribution in [1.82, 2.24) is 5.32 Å². The molecule has 1 aliphatic rings. The zero-order valence-corrected chi connectivity index (χ0v) is 6.83. The van der Waals surface area contributed by atoms with Crippen LogP contribution in [0.25, 0.3) is 0 Å². The monoisotopic (exact) mass is 158 g/mol. The topological polar surface area (TPSA) is 43.6 Å². The second-order valence-electron chi connectivity index (χ2n) is 2.91. The van der Waals surface area contributed by atoms with Gasteiger partial charge < -0.3 is 9.84 Å². The molecule has 11 heavy (non-hydrogen) atoms. The van der Waals surface area contributed by atoms with Gasteiger partial charge in [0, 0.05) is 19.7 Å². The molecule has 0 aromatic rings. The van der Waals surface area contributed by atoms with Crippen molar-refractivity contribution in [3.05, 3.63) is 0 Å². The molecule has 65 valence electrons. The maximum Gasteiger partial charge on any atom is 0.0697 e. The number of aliphatic hydroxyl groups excluding tert-OH is 1. The molecule has 0 atom stereocenters. The van der Waals surface area contributed by atoms with Gasteiger partial charge in [0.2, 0.25) is 0 Å². The molecule has 0 spiro atoms. The summed E-state index contributed by atoms with van der Waals surface area (Å²) in [5.74, 6) is 0.680. The van der Waals surface area contributed by atoms with Crippen LogP contribution in [0.4, 0.5) is 0 Å². The molecule has 0 bridgehead atoms. The van der Waals surface area contributed by atoms with Gasteiger partial charge in [-0.05, 0) is 18.8 Å². The number of rotatable bonds is 4. The van der Waals surface area contributed by atoms with Crippen molar-refractivity contribution in [2.45, 2.75) is 12.8 Å². The number of aliphatic hydroxyl groups is 1. The summed E-state index contributed by atoms with van der Waals surface area (Å²) >= 11 is 0. The van der Waals surface area contributed by atoms with E-state index in [0.717, 1.165) is 32.5 Å². The Labute approximate surface area is 67.7 Å². The lowest BCUT2D eigenvalue weighted by atomic mass is 9.99. The number of ether oxygens (including phenoxy) is 1. The van der Waals surface area contributed by atoms with Crippen LogP contribution in [0.3, 0.4) is 0 Å². The molecule has 0 amide bonds. The van der Waals surface area contributed by atoms with Gasteiger partial charge in [0.05, 0.1) is 13.2 Å². The maximum atomic E-state index is 8.45. The summed E-state index contributed by atoms with van der Waals surface area (Å²) in [5.41, 5.74) is 0. The van der Waals surface area contributed by atoms with Crippen molar-refractivity contribution < 1.29 is 9.84 Å². The highest BCUT2D eigenvalue weighted by molar-refractivity contribution is 4.67. The Bertz CT molecular complexity index is 92.1. The van der Waals surface area contributed by atoms with E-state index in [1.807, 2.05) is 0 Å². The molecule has 1 fully saturated rings. The van der Waals surface area contributed by atoms with Gasteiger partial charge in [-0.25, -0.2) is 5.32 Å². The summed E-state index contributed by atoms with van der Waals surface area (Å²) in [4.78, 5) is 0. The Morgan fingerprint density at radius 3 is 2.73 bits per heavy atom. The Kier molecular flexibility index (Phi) is 4.50. The minimum Gasteiger partial charge on any atom is -0.394 e. The fourth-order valence-corrected chi connectivity index (χ4v) is 1.29. The summed E-state index contributed by atoms with van der Waals surface area (Å²) in [6, 6.07) is 0. The van der Waals surface area contributed by atoms with E-state index in [1.54, 1.807) is 0 Å². The van der Waals surface area contributed by atoms with E-state index in [4.69, 9.17) is 9.84 Å². The number of piperidine rings is 1. The van der Waals surface area contributed by atoms with E-state index >= 15 is 0 Å². The molecule has 0 aliphatic carbocycles. The van der Waals surface area contributed by atoms with Crippen molar-refractivity contribution >= 4 is 0 Å². The van der Waals surface area contributed by atoms with Crippen LogP contribution >= 0.6 is 0 Å². The second kappa shape index (κ2) is 5.52. The number of nitrogens with zero attached hydrogens (tertiary/aromatic N) is 1. The largest absolute Gasteiger partial charge is 0.394 e. The first-order chi connectivity index (χ1) is 5.43. The van der Waals surface area contributed by atoms with E-state index in [1.165, 1.54) is 0 Å². The van der Waals surface area contributed by atoms with Crippen molar-refractivity contribution in [2.24, 2.45) is 5.92 Å². The van der Waals surface area contributed by atoms with Gasteiger partial charge in [-0.15, -0.1) is 0 Å². The third-order valence-corrected chi connectivity index (χ3v) is 1.98. The summed E-state index contributed by atoms with van der Waals surface area (Å²) in [7, 11) is 0. The van der Waals surface area contributed by atoms with E-state index in [0.29, 0.717) is 12.5 Å². The molecule has 3 heteroatoms. The van der Waals surface area contributed by atoms with Gasteiger partial charge in [-0.2, -0.15) is 0 Å². The first-order valence-electron chi connectivity index (χ1n) is 4.25. The van der Waals surface area contributed by atoms with Gasteiger partial charge in [-0.3, -0.25) is 0 Å². The maximum absolute atomic E-state index is 8.45. The molecule has 1 heterocycles. The first kappa shape index (κ1) is 8.97. The van der Waals surface area contributed by atoms with Gasteiger partial charge in [-0.1, -0.05) is 0 Å². The quantitative estimate of drug-likeness (QED) is 0.586. The van der Waals surface area contributed by atoms with Crippen LogP contribution in [0, 0.1) is 5.92 Å². The summed E-state index contributed by atoms with van der Waals surface area (Å²) < 4.78 is 5.23. The van der Waals surface area contributed by atoms with Gasteiger partial charge >= 0.3 is 0 Å². The summed E-state index contributed by atoms with van der Waals surface area (Å²) in [5, 5.41) is 12.7. The molecule has 0 saturated carbocycles. The van der Waals surface area contributed by atoms with E-state index in [-0.39, 0.29) is 6.61 Å². The van der Waals surface area contributed by atoms with E-state index < -0.39 is 0 Å². The molecule has 3 nitrogen and oxygen atoms in total. The molecule has 1 aliphatic heterocycles. The predicted molar refractivity (Wildman–Crippen MR) is 42.5 cm³/mol. The van der Waals surface area contributed by atoms with Crippen LogP contribution < -0.4 is 5.32 Å². The van der Waals surface area contributed by atoms with Crippen LogP contribution in [0.1, 0.15) is 12.8 Å². The molecule has 1 N–H and O–H groups in total. The normalized spacial score (nSPS) is 20.5. The van der Waals surface area contributed by atoms with E-state index in [2.05, 4.69) is 5.32 Å². The molecular weight excluding hydrogens is 142 g/mol. The highest BCUT2D eigenvalue weighted by atomic mass is 16.5. The first-order valence-corrected chi connectivity index (χ1v) is 4.25. The summed E-state index contributed by atoms with van der Waals surface area (Å²) in [6.07, 6.45) is 2.32. The predicted octanol–water partition coefficient (Wildman–Crippen LogP) is 0.00970. The highest BCUT2D eigenvalue weighted by Gasteiger charge is 2.12. The lowest BCUT2D eigenvalue weighted by Crippen LogP contribution is -2.25. The molecule has 0 aromatic carbocycles. The fourth-order valence-electron chi connectivity index (χ4n) is 1.29. The van der Waals surface area contributed by atoms with Crippen LogP contribution in [0.2, 0.25) is 0 Å². The van der Waals surface area contributed by atoms with Crippen LogP contribution in [-0.2, 0) is 4.74 Å². The van der Waals surface area contributed by atoms with Crippen molar-refractivity contribution in [3.63, 3.8) is 0 Å². The lowest BCUT2D eigenvalue weighted by Gasteiger charge is -2.20. The molecule has 1 rings (SSSR count). The third-order valence-electron chi connectivity index (χ3n) is 1.98. The van der Waals surface area contributed by atoms with Gasteiger partial charge in [0.25, 0.3) is 0 Å². The minimum atomic E-state index is 0.136. The zero-order valence-electron chi connectivity index (χ0n) is 6.83. The fraction of sp³-hybridized carbons (Fsp3) is 1.00. The lowest BCUT2D eigenvalue weighted by molar-refractivity contribution is 0.0596. The third kappa shape index (κ3) is 3.70. The van der Waals surface area contributed by atoms with Crippen LogP contribution in [0.15, 0.2) is 0 Å². The number of hydrogen-bond donors (Lipinski definition) is 1. The Balaban J connectivity index is 1.96. The zero-order chi connectivity index (χ0) is 7.94. The van der Waals surface area contributed by atoms with Gasteiger partial charge in [0.15, 0.2) is 0 Å². The van der Waals surface area contributed by atoms with Crippen LogP contribution in [0.5, 0.6) is 0 Å². The average molecular weight is 158 g/mol. The van der Waals surface area contributed by atoms with Crippen molar-refractivity contribution in [2.75, 3.05) is 32.9 Å². The molecular formula is C8H16NO2. The van der Waals surface area contributed by atoms with Crippen LogP contribution in [-0.4, -0.2) is 38.0 Å². The second-order valence-corrected chi connectivity index (χ2v) is 2.91. The smallest absolute Gasteiger partial charge is 0.0697 e. The van der Waals surface area contributed by atoms with Gasteiger partial charge in [0.1, 0.15) is 0 Å². The summed E-state index contributed by atoms with van der Waals surface area (Å²) in [6.45, 7) is 3.40. The van der Waals surface area contributed by atoms with Crippen molar-refractivity contribution in [1.29, 1.82) is 0 Å². The Hall–Kier alpha value is -0.120. The SMILES string of the molecule is OCCOCC1CC[N]CC1. The molecule has 1 saturated heterocycles. The van der Waals surface area contributed by atoms with Crippen molar-refractivity contribution in [3.8, 4) is 0 Å². The molecule has 0 aromatic heterocycles. The number of hydrogen-bond acceptors (Lipinski definition) is 2. The molecule has 0 unspecified atom stereocenters.